The van der Waals surface area contributed by atoms with Gasteiger partial charge in [0.05, 0.1) is 24.7 Å². The van der Waals surface area contributed by atoms with E-state index in [9.17, 15) is 24.0 Å². The van der Waals surface area contributed by atoms with E-state index in [-0.39, 0.29) is 29.6 Å². The number of hydrogen-bond acceptors (Lipinski definition) is 10. The lowest BCUT2D eigenvalue weighted by Crippen LogP contribution is -2.36. The van der Waals surface area contributed by atoms with Gasteiger partial charge in [0.2, 0.25) is 11.8 Å². The van der Waals surface area contributed by atoms with Gasteiger partial charge >= 0.3 is 16.8 Å². The third-order valence-corrected chi connectivity index (χ3v) is 7.81. The van der Waals surface area contributed by atoms with Crippen LogP contribution < -0.4 is 14.3 Å². The largest absolute Gasteiger partial charge is 0.493 e. The van der Waals surface area contributed by atoms with Crippen LogP contribution >= 0.6 is 23.1 Å². The van der Waals surface area contributed by atoms with Crippen molar-refractivity contribution < 1.29 is 38.5 Å². The summed E-state index contributed by atoms with van der Waals surface area (Å²) in [6.45, 7) is 0.842. The number of fused-ring (bicyclic) bond motifs is 2. The van der Waals surface area contributed by atoms with Gasteiger partial charge in [0.1, 0.15) is 11.8 Å². The summed E-state index contributed by atoms with van der Waals surface area (Å²) < 4.78 is 15.7. The van der Waals surface area contributed by atoms with E-state index in [0.717, 1.165) is 28.0 Å². The minimum atomic E-state index is -1.30. The highest BCUT2D eigenvalue weighted by molar-refractivity contribution is 8.00. The van der Waals surface area contributed by atoms with Crippen LogP contribution in [0.1, 0.15) is 23.3 Å². The number of likely N-dealkylation sites (tertiary alicyclic amines) is 1. The van der Waals surface area contributed by atoms with Crippen LogP contribution in [0.5, 0.6) is 11.5 Å². The fourth-order valence-corrected chi connectivity index (χ4v) is 6.60. The Balaban J connectivity index is 1.73. The number of thiazole rings is 1. The van der Waals surface area contributed by atoms with Gasteiger partial charge in [-0.05, 0) is 24.6 Å². The van der Waals surface area contributed by atoms with Gasteiger partial charge in [-0.15, -0.1) is 0 Å². The molecule has 2 N–H and O–H groups in total. The van der Waals surface area contributed by atoms with Gasteiger partial charge in [-0.25, -0.2) is 4.79 Å². The summed E-state index contributed by atoms with van der Waals surface area (Å²) in [6.07, 6.45) is 0. The molecule has 0 spiro atoms. The van der Waals surface area contributed by atoms with Crippen LogP contribution in [0.4, 0.5) is 0 Å². The van der Waals surface area contributed by atoms with Crippen molar-refractivity contribution in [2.24, 2.45) is 5.92 Å². The standard InChI is InChI=1S/C21H20N2O9S2/c1-3-31-13(26)8-32-10-5-4-9(6-11(10)30-2)14-15-17(33-18-16(14)34-21(29)22-18)20(28)23(19(15)27)7-12(24)25/h4-6,14-15,17H,3,7-8H2,1-2H3,(H,22,29)(H,24,25)/t14-,15?,17?/m0/s1. The Labute approximate surface area is 201 Å². The number of aliphatic carboxylic acids is 1. The fraction of sp³-hybridized carbons (Fsp3) is 0.381. The zero-order valence-corrected chi connectivity index (χ0v) is 19.7. The van der Waals surface area contributed by atoms with E-state index in [0.29, 0.717) is 15.5 Å². The predicted octanol–water partition coefficient (Wildman–Crippen LogP) is 1.06. The Morgan fingerprint density at radius 1 is 1.18 bits per heavy atom. The summed E-state index contributed by atoms with van der Waals surface area (Å²) in [5.41, 5.74) is 0.574. The number of benzene rings is 1. The van der Waals surface area contributed by atoms with E-state index in [1.807, 2.05) is 0 Å². The smallest absolute Gasteiger partial charge is 0.344 e. The second kappa shape index (κ2) is 9.50. The monoisotopic (exact) mass is 508 g/mol. The topological polar surface area (TPSA) is 152 Å². The van der Waals surface area contributed by atoms with Crippen LogP contribution in [0, 0.1) is 5.92 Å². The normalized spacial score (nSPS) is 21.1. The molecule has 0 radical (unpaired) electrons. The molecule has 34 heavy (non-hydrogen) atoms. The molecule has 2 aliphatic rings. The van der Waals surface area contributed by atoms with E-state index in [2.05, 4.69) is 4.98 Å². The Hall–Kier alpha value is -3.32. The molecule has 2 amide bonds. The van der Waals surface area contributed by atoms with Gasteiger partial charge in [0.15, 0.2) is 18.1 Å². The van der Waals surface area contributed by atoms with E-state index >= 15 is 0 Å². The van der Waals surface area contributed by atoms with Crippen LogP contribution in [-0.4, -0.2) is 70.9 Å². The number of aromatic amines is 1. The van der Waals surface area contributed by atoms with Crippen molar-refractivity contribution in [1.82, 2.24) is 9.88 Å². The number of aromatic nitrogens is 1. The Bertz CT molecular complexity index is 1220. The molecule has 1 aromatic carbocycles. The number of hydrogen-bond donors (Lipinski definition) is 2. The average Bonchev–Trinajstić information content (AvgIpc) is 3.28. The molecule has 1 fully saturated rings. The third kappa shape index (κ3) is 4.28. The van der Waals surface area contributed by atoms with E-state index in [4.69, 9.17) is 19.3 Å². The zero-order chi connectivity index (χ0) is 24.6. The highest BCUT2D eigenvalue weighted by atomic mass is 32.2. The predicted molar refractivity (Wildman–Crippen MR) is 119 cm³/mol. The first-order valence-corrected chi connectivity index (χ1v) is 11.9. The molecule has 3 atom stereocenters. The van der Waals surface area contributed by atoms with Gasteiger partial charge in [0, 0.05) is 10.8 Å². The van der Waals surface area contributed by atoms with Crippen LogP contribution in [0.15, 0.2) is 28.0 Å². The molecule has 1 saturated heterocycles. The molecular weight excluding hydrogens is 488 g/mol. The molecule has 13 heteroatoms. The molecule has 2 aromatic rings. The lowest BCUT2D eigenvalue weighted by atomic mass is 9.83. The summed E-state index contributed by atoms with van der Waals surface area (Å²) in [7, 11) is 1.41. The number of nitrogens with one attached hydrogen (secondary N) is 1. The average molecular weight is 509 g/mol. The maximum Gasteiger partial charge on any atom is 0.344 e. The Kier molecular flexibility index (Phi) is 6.66. The number of amides is 2. The number of carboxylic acids is 1. The lowest BCUT2D eigenvalue weighted by molar-refractivity contribution is -0.149. The van der Waals surface area contributed by atoms with Gasteiger partial charge in [-0.2, -0.15) is 0 Å². The quantitative estimate of drug-likeness (QED) is 0.391. The molecule has 2 unspecified atom stereocenters. The van der Waals surface area contributed by atoms with Gasteiger partial charge < -0.3 is 24.3 Å². The maximum absolute atomic E-state index is 13.2. The van der Waals surface area contributed by atoms with Crippen molar-refractivity contribution in [3.63, 3.8) is 0 Å². The summed E-state index contributed by atoms with van der Waals surface area (Å²) in [4.78, 5) is 64.8. The molecule has 2 aliphatic heterocycles. The summed E-state index contributed by atoms with van der Waals surface area (Å²) in [6, 6.07) is 4.84. The summed E-state index contributed by atoms with van der Waals surface area (Å²) in [5, 5.41) is 8.75. The number of esters is 1. The number of ether oxygens (including phenoxy) is 3. The number of carboxylic acid groups (broad SMARTS) is 1. The fourth-order valence-electron chi connectivity index (χ4n) is 4.06. The molecule has 4 rings (SSSR count). The van der Waals surface area contributed by atoms with Gasteiger partial charge in [-0.3, -0.25) is 24.1 Å². The van der Waals surface area contributed by atoms with Crippen molar-refractivity contribution >= 4 is 46.9 Å². The second-order valence-corrected chi connectivity index (χ2v) is 9.58. The second-order valence-electron chi connectivity index (χ2n) is 7.41. The Morgan fingerprint density at radius 3 is 2.62 bits per heavy atom. The van der Waals surface area contributed by atoms with Gasteiger partial charge in [0.25, 0.3) is 0 Å². The molecule has 0 saturated carbocycles. The number of methoxy groups -OCH3 is 1. The molecule has 3 heterocycles. The number of imide groups is 1. The number of carbonyl (C=O) groups is 4. The maximum atomic E-state index is 13.2. The number of rotatable bonds is 8. The van der Waals surface area contributed by atoms with Crippen molar-refractivity contribution in [2.75, 3.05) is 26.9 Å². The molecule has 1 aromatic heterocycles. The SMILES string of the molecule is CCOC(=O)COc1ccc([C@@H]2c3sc(=O)[nH]c3SC3C(=O)N(CC(=O)O)C(=O)C32)cc1OC. The van der Waals surface area contributed by atoms with Crippen LogP contribution in [-0.2, 0) is 23.9 Å². The number of carbonyl (C=O) groups excluding carboxylic acids is 3. The van der Waals surface area contributed by atoms with Crippen molar-refractivity contribution in [2.45, 2.75) is 23.1 Å². The molecule has 0 bridgehead atoms. The van der Waals surface area contributed by atoms with E-state index in [1.54, 1.807) is 25.1 Å². The van der Waals surface area contributed by atoms with E-state index in [1.165, 1.54) is 7.11 Å². The first-order valence-electron chi connectivity index (χ1n) is 10.2. The van der Waals surface area contributed by atoms with Crippen molar-refractivity contribution in [3.05, 3.63) is 38.3 Å². The van der Waals surface area contributed by atoms with Crippen molar-refractivity contribution in [3.8, 4) is 11.5 Å². The highest BCUT2D eigenvalue weighted by Crippen LogP contribution is 2.53. The van der Waals surface area contributed by atoms with Crippen LogP contribution in [0.2, 0.25) is 0 Å². The molecule has 11 nitrogen and oxygen atoms in total. The van der Waals surface area contributed by atoms with E-state index < -0.39 is 47.4 Å². The number of nitrogens with zero attached hydrogens (tertiary/aromatic N) is 1. The first-order chi connectivity index (χ1) is 16.2. The lowest BCUT2D eigenvalue weighted by Gasteiger charge is -2.30. The highest BCUT2D eigenvalue weighted by Gasteiger charge is 2.56. The third-order valence-electron chi connectivity index (χ3n) is 5.41. The summed E-state index contributed by atoms with van der Waals surface area (Å²) in [5.74, 6) is -4.09. The van der Waals surface area contributed by atoms with Crippen LogP contribution in [0.3, 0.4) is 0 Å². The minimum absolute atomic E-state index is 0.216. The van der Waals surface area contributed by atoms with Crippen LogP contribution in [0.25, 0.3) is 0 Å². The summed E-state index contributed by atoms with van der Waals surface area (Å²) >= 11 is 2.00. The van der Waals surface area contributed by atoms with Crippen molar-refractivity contribution in [1.29, 1.82) is 0 Å². The zero-order valence-electron chi connectivity index (χ0n) is 18.1. The Morgan fingerprint density at radius 2 is 1.94 bits per heavy atom. The molecule has 180 valence electrons. The first kappa shape index (κ1) is 23.8. The molecule has 0 aliphatic carbocycles. The minimum Gasteiger partial charge on any atom is -0.493 e. The number of thioether (sulfide) groups is 1. The van der Waals surface area contributed by atoms with Gasteiger partial charge in [-0.1, -0.05) is 29.2 Å². The number of H-pyrrole nitrogens is 1. The molecular formula is C21H20N2O9S2.